The number of ether oxygens (including phenoxy) is 2. The fourth-order valence-electron chi connectivity index (χ4n) is 2.62. The third kappa shape index (κ3) is 5.73. The van der Waals surface area contributed by atoms with Gasteiger partial charge in [0.05, 0.1) is 12.4 Å². The zero-order valence-electron chi connectivity index (χ0n) is 17.0. The molecule has 1 unspecified atom stereocenters. The van der Waals surface area contributed by atoms with Gasteiger partial charge in [0, 0.05) is 6.54 Å². The number of benzene rings is 1. The van der Waals surface area contributed by atoms with Crippen LogP contribution in [0.4, 0.5) is 0 Å². The Balaban J connectivity index is 2.07. The summed E-state index contributed by atoms with van der Waals surface area (Å²) < 4.78 is 13.0. The Hall–Kier alpha value is -2.02. The van der Waals surface area contributed by atoms with E-state index in [2.05, 4.69) is 43.1 Å². The minimum absolute atomic E-state index is 0.109. The van der Waals surface area contributed by atoms with Crippen LogP contribution in [0.3, 0.4) is 0 Å². The predicted octanol–water partition coefficient (Wildman–Crippen LogP) is 4.39. The molecular weight excluding hydrogens is 362 g/mol. The fourth-order valence-corrected chi connectivity index (χ4v) is 3.43. The van der Waals surface area contributed by atoms with Gasteiger partial charge >= 0.3 is 5.97 Å². The van der Waals surface area contributed by atoms with E-state index < -0.39 is 0 Å². The quantitative estimate of drug-likeness (QED) is 0.491. The van der Waals surface area contributed by atoms with Gasteiger partial charge in [-0.25, -0.2) is 0 Å². The number of hydrogen-bond acceptors (Lipinski definition) is 6. The standard InChI is InChI=1S/C20H29N3O3S/c1-7-23-18(21-22-19(23)27-13-17(24)25-8-2)14(3)26-16-11-9-15(10-12-16)20(4,5)6/h9-12,14H,7-8,13H2,1-6H3. The number of aromatic nitrogens is 3. The molecule has 1 atom stereocenters. The molecule has 0 N–H and O–H groups in total. The first-order valence-electron chi connectivity index (χ1n) is 9.25. The van der Waals surface area contributed by atoms with E-state index in [1.807, 2.05) is 30.5 Å². The Labute approximate surface area is 165 Å². The predicted molar refractivity (Wildman–Crippen MR) is 107 cm³/mol. The van der Waals surface area contributed by atoms with Gasteiger partial charge in [0.2, 0.25) is 0 Å². The molecule has 0 aliphatic rings. The Kier molecular flexibility index (Phi) is 7.30. The minimum atomic E-state index is -0.255. The van der Waals surface area contributed by atoms with Gasteiger partial charge in [-0.05, 0) is 43.9 Å². The van der Waals surface area contributed by atoms with Gasteiger partial charge < -0.3 is 14.0 Å². The van der Waals surface area contributed by atoms with Crippen molar-refractivity contribution in [3.8, 4) is 5.75 Å². The fraction of sp³-hybridized carbons (Fsp3) is 0.550. The molecule has 27 heavy (non-hydrogen) atoms. The Bertz CT molecular complexity index is 751. The van der Waals surface area contributed by atoms with Gasteiger partial charge in [0.1, 0.15) is 5.75 Å². The molecule has 0 aliphatic carbocycles. The van der Waals surface area contributed by atoms with E-state index in [0.717, 1.165) is 11.6 Å². The zero-order chi connectivity index (χ0) is 20.0. The van der Waals surface area contributed by atoms with Gasteiger partial charge in [-0.3, -0.25) is 4.79 Å². The van der Waals surface area contributed by atoms with Crippen molar-refractivity contribution in [2.45, 2.75) is 64.8 Å². The third-order valence-electron chi connectivity index (χ3n) is 4.08. The van der Waals surface area contributed by atoms with Crippen LogP contribution in [0.2, 0.25) is 0 Å². The number of carbonyl (C=O) groups is 1. The second-order valence-corrected chi connectivity index (χ2v) is 8.16. The van der Waals surface area contributed by atoms with Crippen molar-refractivity contribution >= 4 is 17.7 Å². The van der Waals surface area contributed by atoms with Crippen molar-refractivity contribution in [3.63, 3.8) is 0 Å². The second kappa shape index (κ2) is 9.26. The van der Waals surface area contributed by atoms with Crippen LogP contribution in [0, 0.1) is 0 Å². The number of hydrogen-bond donors (Lipinski definition) is 0. The van der Waals surface area contributed by atoms with Crippen LogP contribution in [0.5, 0.6) is 5.75 Å². The maximum Gasteiger partial charge on any atom is 0.316 e. The summed E-state index contributed by atoms with van der Waals surface area (Å²) in [5.41, 5.74) is 1.37. The third-order valence-corrected chi connectivity index (χ3v) is 5.02. The van der Waals surface area contributed by atoms with Crippen LogP contribution in [0.1, 0.15) is 59.0 Å². The van der Waals surface area contributed by atoms with E-state index in [0.29, 0.717) is 18.3 Å². The molecule has 0 aliphatic heterocycles. The average Bonchev–Trinajstić information content (AvgIpc) is 3.03. The van der Waals surface area contributed by atoms with E-state index in [4.69, 9.17) is 9.47 Å². The highest BCUT2D eigenvalue weighted by atomic mass is 32.2. The largest absolute Gasteiger partial charge is 0.483 e. The van der Waals surface area contributed by atoms with Crippen molar-refractivity contribution in [1.82, 2.24) is 14.8 Å². The topological polar surface area (TPSA) is 66.2 Å². The molecule has 1 aromatic carbocycles. The Morgan fingerprint density at radius 2 is 1.85 bits per heavy atom. The molecule has 148 valence electrons. The summed E-state index contributed by atoms with van der Waals surface area (Å²) in [7, 11) is 0. The summed E-state index contributed by atoms with van der Waals surface area (Å²) in [5.74, 6) is 1.50. The van der Waals surface area contributed by atoms with E-state index in [-0.39, 0.29) is 23.2 Å². The normalized spacial score (nSPS) is 12.7. The van der Waals surface area contributed by atoms with Crippen molar-refractivity contribution in [2.24, 2.45) is 0 Å². The number of esters is 1. The molecule has 0 saturated carbocycles. The second-order valence-electron chi connectivity index (χ2n) is 7.21. The van der Waals surface area contributed by atoms with E-state index in [1.54, 1.807) is 6.92 Å². The highest BCUT2D eigenvalue weighted by Gasteiger charge is 2.20. The average molecular weight is 392 g/mol. The highest BCUT2D eigenvalue weighted by molar-refractivity contribution is 7.99. The molecule has 0 saturated heterocycles. The molecule has 0 spiro atoms. The van der Waals surface area contributed by atoms with Crippen LogP contribution in [-0.4, -0.2) is 33.1 Å². The molecule has 0 fully saturated rings. The maximum absolute atomic E-state index is 11.6. The first kappa shape index (κ1) is 21.3. The number of thioether (sulfide) groups is 1. The number of carbonyl (C=O) groups excluding carboxylic acids is 1. The van der Waals surface area contributed by atoms with Crippen molar-refractivity contribution < 1.29 is 14.3 Å². The molecule has 0 amide bonds. The van der Waals surface area contributed by atoms with Crippen LogP contribution in [-0.2, 0) is 21.5 Å². The molecule has 1 aromatic heterocycles. The molecule has 2 aromatic rings. The van der Waals surface area contributed by atoms with Crippen LogP contribution >= 0.6 is 11.8 Å². The van der Waals surface area contributed by atoms with Crippen molar-refractivity contribution in [3.05, 3.63) is 35.7 Å². The summed E-state index contributed by atoms with van der Waals surface area (Å²) in [6.45, 7) is 13.4. The summed E-state index contributed by atoms with van der Waals surface area (Å²) in [5, 5.41) is 9.19. The molecule has 0 radical (unpaired) electrons. The van der Waals surface area contributed by atoms with Crippen LogP contribution < -0.4 is 4.74 Å². The molecule has 0 bridgehead atoms. The van der Waals surface area contributed by atoms with Crippen LogP contribution in [0.15, 0.2) is 29.4 Å². The lowest BCUT2D eigenvalue weighted by molar-refractivity contribution is -0.139. The summed E-state index contributed by atoms with van der Waals surface area (Å²) >= 11 is 1.33. The van der Waals surface area contributed by atoms with E-state index >= 15 is 0 Å². The molecule has 1 heterocycles. The van der Waals surface area contributed by atoms with Gasteiger partial charge in [0.25, 0.3) is 0 Å². The first-order chi connectivity index (χ1) is 12.8. The van der Waals surface area contributed by atoms with Crippen molar-refractivity contribution in [2.75, 3.05) is 12.4 Å². The summed E-state index contributed by atoms with van der Waals surface area (Å²) in [6.07, 6.45) is -0.255. The van der Waals surface area contributed by atoms with Crippen LogP contribution in [0.25, 0.3) is 0 Å². The number of rotatable bonds is 8. The van der Waals surface area contributed by atoms with E-state index in [9.17, 15) is 4.79 Å². The monoisotopic (exact) mass is 391 g/mol. The lowest BCUT2D eigenvalue weighted by Crippen LogP contribution is -2.13. The van der Waals surface area contributed by atoms with Gasteiger partial charge in [-0.2, -0.15) is 0 Å². The zero-order valence-corrected chi connectivity index (χ0v) is 17.8. The van der Waals surface area contributed by atoms with Gasteiger partial charge in [0.15, 0.2) is 17.1 Å². The summed E-state index contributed by atoms with van der Waals surface area (Å²) in [4.78, 5) is 11.6. The Morgan fingerprint density at radius 1 is 1.19 bits per heavy atom. The number of nitrogens with zero attached hydrogens (tertiary/aromatic N) is 3. The lowest BCUT2D eigenvalue weighted by atomic mass is 9.87. The van der Waals surface area contributed by atoms with Gasteiger partial charge in [-0.15, -0.1) is 10.2 Å². The van der Waals surface area contributed by atoms with E-state index in [1.165, 1.54) is 17.3 Å². The van der Waals surface area contributed by atoms with Crippen molar-refractivity contribution in [1.29, 1.82) is 0 Å². The molecular formula is C20H29N3O3S. The molecule has 7 heteroatoms. The smallest absolute Gasteiger partial charge is 0.316 e. The van der Waals surface area contributed by atoms with Gasteiger partial charge in [-0.1, -0.05) is 44.7 Å². The lowest BCUT2D eigenvalue weighted by Gasteiger charge is -2.20. The Morgan fingerprint density at radius 3 is 2.41 bits per heavy atom. The molecule has 6 nitrogen and oxygen atoms in total. The summed E-state index contributed by atoms with van der Waals surface area (Å²) in [6, 6.07) is 8.15. The maximum atomic E-state index is 11.6. The highest BCUT2D eigenvalue weighted by Crippen LogP contribution is 2.27. The molecule has 2 rings (SSSR count). The SMILES string of the molecule is CCOC(=O)CSc1nnc(C(C)Oc2ccc(C(C)(C)C)cc2)n1CC. The minimum Gasteiger partial charge on any atom is -0.483 e. The first-order valence-corrected chi connectivity index (χ1v) is 10.2.